The molecule has 1 spiro atoms. The van der Waals surface area contributed by atoms with Gasteiger partial charge in [-0.1, -0.05) is 18.2 Å². The molecular formula is C14H16O4. The second kappa shape index (κ2) is 4.37. The van der Waals surface area contributed by atoms with Crippen LogP contribution in [0.4, 0.5) is 0 Å². The van der Waals surface area contributed by atoms with E-state index < -0.39 is 0 Å². The predicted molar refractivity (Wildman–Crippen MR) is 64.1 cm³/mol. The number of fused-ring (bicyclic) bond motifs is 2. The average molecular weight is 248 g/mol. The monoisotopic (exact) mass is 248 g/mol. The lowest BCUT2D eigenvalue weighted by Crippen LogP contribution is -2.25. The molecule has 0 N–H and O–H groups in total. The maximum Gasteiger partial charge on any atom is 0.309 e. The molecule has 0 bridgehead atoms. The van der Waals surface area contributed by atoms with Crippen molar-refractivity contribution in [1.82, 2.24) is 0 Å². The lowest BCUT2D eigenvalue weighted by atomic mass is 9.90. The molecule has 0 radical (unpaired) electrons. The van der Waals surface area contributed by atoms with Gasteiger partial charge in [0.05, 0.1) is 26.7 Å². The Morgan fingerprint density at radius 3 is 3.11 bits per heavy atom. The summed E-state index contributed by atoms with van der Waals surface area (Å²) in [6.45, 7) is 1.99. The highest BCUT2D eigenvalue weighted by Gasteiger charge is 2.43. The largest absolute Gasteiger partial charge is 0.469 e. The zero-order valence-corrected chi connectivity index (χ0v) is 10.4. The first kappa shape index (κ1) is 11.7. The fourth-order valence-corrected chi connectivity index (χ4v) is 2.73. The van der Waals surface area contributed by atoms with Gasteiger partial charge in [0, 0.05) is 13.0 Å². The minimum absolute atomic E-state index is 0.215. The summed E-state index contributed by atoms with van der Waals surface area (Å²) in [6, 6.07) is 6.08. The van der Waals surface area contributed by atoms with E-state index in [-0.39, 0.29) is 11.6 Å². The zero-order valence-electron chi connectivity index (χ0n) is 10.4. The van der Waals surface area contributed by atoms with E-state index in [1.54, 1.807) is 0 Å². The van der Waals surface area contributed by atoms with Crippen LogP contribution in [-0.2, 0) is 37.6 Å². The Morgan fingerprint density at radius 1 is 1.50 bits per heavy atom. The Morgan fingerprint density at radius 2 is 2.39 bits per heavy atom. The van der Waals surface area contributed by atoms with E-state index in [9.17, 15) is 4.79 Å². The van der Waals surface area contributed by atoms with E-state index in [0.29, 0.717) is 19.6 Å². The van der Waals surface area contributed by atoms with E-state index in [0.717, 1.165) is 18.6 Å². The molecule has 4 nitrogen and oxygen atoms in total. The van der Waals surface area contributed by atoms with Gasteiger partial charge in [0.15, 0.2) is 0 Å². The number of benzene rings is 1. The highest BCUT2D eigenvalue weighted by Crippen LogP contribution is 2.42. The Bertz CT molecular complexity index is 475. The summed E-state index contributed by atoms with van der Waals surface area (Å²) in [5.74, 6) is -0.215. The van der Waals surface area contributed by atoms with Gasteiger partial charge in [-0.05, 0) is 16.7 Å². The normalized spacial score (nSPS) is 25.4. The SMILES string of the molecule is COC(=O)Cc1ccc2c(c1)COC21CCOC1. The molecule has 2 aliphatic heterocycles. The summed E-state index contributed by atoms with van der Waals surface area (Å²) < 4.78 is 16.0. The van der Waals surface area contributed by atoms with E-state index in [2.05, 4.69) is 10.8 Å². The van der Waals surface area contributed by atoms with E-state index in [1.807, 2.05) is 12.1 Å². The van der Waals surface area contributed by atoms with Crippen molar-refractivity contribution < 1.29 is 19.0 Å². The van der Waals surface area contributed by atoms with Gasteiger partial charge in [0.2, 0.25) is 0 Å². The van der Waals surface area contributed by atoms with Gasteiger partial charge in [-0.3, -0.25) is 4.79 Å². The third-order valence-electron chi connectivity index (χ3n) is 3.73. The predicted octanol–water partition coefficient (Wildman–Crippen LogP) is 1.55. The lowest BCUT2D eigenvalue weighted by Gasteiger charge is -2.21. The summed E-state index contributed by atoms with van der Waals surface area (Å²) in [5, 5.41) is 0. The molecule has 96 valence electrons. The van der Waals surface area contributed by atoms with Crippen LogP contribution in [-0.4, -0.2) is 26.3 Å². The summed E-state index contributed by atoms with van der Waals surface area (Å²) >= 11 is 0. The standard InChI is InChI=1S/C14H16O4/c1-16-13(15)7-10-2-3-12-11(6-10)8-18-14(12)4-5-17-9-14/h2-3,6H,4-5,7-9H2,1H3. The third kappa shape index (κ3) is 1.82. The van der Waals surface area contributed by atoms with Gasteiger partial charge in [-0.25, -0.2) is 0 Å². The highest BCUT2D eigenvalue weighted by atomic mass is 16.6. The fourth-order valence-electron chi connectivity index (χ4n) is 2.73. The number of methoxy groups -OCH3 is 1. The number of ether oxygens (including phenoxy) is 3. The van der Waals surface area contributed by atoms with Gasteiger partial charge in [0.1, 0.15) is 5.60 Å². The Labute approximate surface area is 106 Å². The third-order valence-corrected chi connectivity index (χ3v) is 3.73. The molecule has 1 aromatic carbocycles. The first-order chi connectivity index (χ1) is 8.73. The van der Waals surface area contributed by atoms with Crippen LogP contribution in [0.25, 0.3) is 0 Å². The molecule has 2 heterocycles. The van der Waals surface area contributed by atoms with Crippen LogP contribution >= 0.6 is 0 Å². The van der Waals surface area contributed by atoms with Gasteiger partial charge < -0.3 is 14.2 Å². The maximum atomic E-state index is 11.3. The molecule has 2 aliphatic rings. The highest BCUT2D eigenvalue weighted by molar-refractivity contribution is 5.72. The first-order valence-electron chi connectivity index (χ1n) is 6.14. The van der Waals surface area contributed by atoms with Crippen LogP contribution in [0.5, 0.6) is 0 Å². The van der Waals surface area contributed by atoms with Crippen molar-refractivity contribution in [2.24, 2.45) is 0 Å². The van der Waals surface area contributed by atoms with Crippen LogP contribution in [0, 0.1) is 0 Å². The van der Waals surface area contributed by atoms with Crippen molar-refractivity contribution >= 4 is 5.97 Å². The minimum Gasteiger partial charge on any atom is -0.469 e. The molecule has 18 heavy (non-hydrogen) atoms. The summed E-state index contributed by atoms with van der Waals surface area (Å²) in [7, 11) is 1.41. The zero-order chi connectivity index (χ0) is 12.6. The summed E-state index contributed by atoms with van der Waals surface area (Å²) in [6.07, 6.45) is 1.23. The van der Waals surface area contributed by atoms with Crippen molar-refractivity contribution in [2.75, 3.05) is 20.3 Å². The molecule has 1 aromatic rings. The molecule has 1 unspecified atom stereocenters. The molecule has 4 heteroatoms. The average Bonchev–Trinajstić information content (AvgIpc) is 2.99. The van der Waals surface area contributed by atoms with E-state index in [4.69, 9.17) is 9.47 Å². The number of hydrogen-bond acceptors (Lipinski definition) is 4. The molecule has 1 atom stereocenters. The Balaban J connectivity index is 1.87. The first-order valence-corrected chi connectivity index (χ1v) is 6.14. The molecule has 0 saturated carbocycles. The number of carbonyl (C=O) groups is 1. The lowest BCUT2D eigenvalue weighted by molar-refractivity contribution is -0.139. The van der Waals surface area contributed by atoms with Gasteiger partial charge in [-0.15, -0.1) is 0 Å². The van der Waals surface area contributed by atoms with E-state index >= 15 is 0 Å². The number of carbonyl (C=O) groups excluding carboxylic acids is 1. The fraction of sp³-hybridized carbons (Fsp3) is 0.500. The maximum absolute atomic E-state index is 11.3. The van der Waals surface area contributed by atoms with Gasteiger partial charge in [0.25, 0.3) is 0 Å². The van der Waals surface area contributed by atoms with Crippen molar-refractivity contribution in [3.8, 4) is 0 Å². The molecule has 1 fully saturated rings. The van der Waals surface area contributed by atoms with Crippen molar-refractivity contribution in [3.05, 3.63) is 34.9 Å². The van der Waals surface area contributed by atoms with Crippen LogP contribution in [0.2, 0.25) is 0 Å². The van der Waals surface area contributed by atoms with Crippen LogP contribution in [0.15, 0.2) is 18.2 Å². The second-order valence-corrected chi connectivity index (χ2v) is 4.83. The van der Waals surface area contributed by atoms with Crippen molar-refractivity contribution in [3.63, 3.8) is 0 Å². The van der Waals surface area contributed by atoms with Crippen LogP contribution in [0.3, 0.4) is 0 Å². The van der Waals surface area contributed by atoms with Crippen LogP contribution < -0.4 is 0 Å². The number of esters is 1. The summed E-state index contributed by atoms with van der Waals surface area (Å²) in [5.41, 5.74) is 3.12. The molecule has 0 amide bonds. The molecule has 3 rings (SSSR count). The smallest absolute Gasteiger partial charge is 0.309 e. The Hall–Kier alpha value is -1.39. The van der Waals surface area contributed by atoms with Gasteiger partial charge >= 0.3 is 5.97 Å². The van der Waals surface area contributed by atoms with E-state index in [1.165, 1.54) is 18.2 Å². The molecular weight excluding hydrogens is 232 g/mol. The second-order valence-electron chi connectivity index (χ2n) is 4.83. The summed E-state index contributed by atoms with van der Waals surface area (Å²) in [4.78, 5) is 11.3. The number of rotatable bonds is 2. The number of hydrogen-bond donors (Lipinski definition) is 0. The molecule has 0 aliphatic carbocycles. The van der Waals surface area contributed by atoms with Crippen molar-refractivity contribution in [2.45, 2.75) is 25.0 Å². The molecule has 1 saturated heterocycles. The van der Waals surface area contributed by atoms with Crippen LogP contribution in [0.1, 0.15) is 23.1 Å². The quantitative estimate of drug-likeness (QED) is 0.745. The van der Waals surface area contributed by atoms with Crippen molar-refractivity contribution in [1.29, 1.82) is 0 Å². The minimum atomic E-state index is -0.237. The topological polar surface area (TPSA) is 44.8 Å². The molecule has 0 aromatic heterocycles. The van der Waals surface area contributed by atoms with Gasteiger partial charge in [-0.2, -0.15) is 0 Å². The Kier molecular flexibility index (Phi) is 2.84.